The standard InChI is InChI=1S/C10H16N2O2S/c1-15-5-4-11-7-9-6-8(10(13)14)2-3-12-9/h2-3,6,9,11-12H,4-5,7H2,1H3,(H,13,14). The topological polar surface area (TPSA) is 61.4 Å². The van der Waals surface area contributed by atoms with Gasteiger partial charge in [-0.1, -0.05) is 0 Å². The van der Waals surface area contributed by atoms with E-state index in [2.05, 4.69) is 16.9 Å². The summed E-state index contributed by atoms with van der Waals surface area (Å²) in [5.74, 6) is 0.194. The Labute approximate surface area is 93.8 Å². The van der Waals surface area contributed by atoms with Crippen molar-refractivity contribution >= 4 is 17.7 Å². The lowest BCUT2D eigenvalue weighted by Gasteiger charge is -2.18. The van der Waals surface area contributed by atoms with Crippen molar-refractivity contribution in [3.05, 3.63) is 23.9 Å². The fraction of sp³-hybridized carbons (Fsp3) is 0.500. The largest absolute Gasteiger partial charge is 0.478 e. The van der Waals surface area contributed by atoms with Crippen molar-refractivity contribution in [2.24, 2.45) is 0 Å². The van der Waals surface area contributed by atoms with E-state index in [0.717, 1.165) is 18.8 Å². The number of dihydropyridines is 1. The molecule has 0 aromatic rings. The van der Waals surface area contributed by atoms with Gasteiger partial charge < -0.3 is 15.7 Å². The molecule has 1 heterocycles. The van der Waals surface area contributed by atoms with Gasteiger partial charge in [-0.05, 0) is 24.6 Å². The molecular weight excluding hydrogens is 212 g/mol. The minimum atomic E-state index is -0.873. The second-order valence-electron chi connectivity index (χ2n) is 3.23. The number of aliphatic carboxylic acids is 1. The highest BCUT2D eigenvalue weighted by molar-refractivity contribution is 7.98. The highest BCUT2D eigenvalue weighted by Crippen LogP contribution is 2.04. The minimum absolute atomic E-state index is 0.0722. The van der Waals surface area contributed by atoms with Crippen LogP contribution in [-0.4, -0.2) is 42.2 Å². The smallest absolute Gasteiger partial charge is 0.335 e. The Balaban J connectivity index is 2.31. The van der Waals surface area contributed by atoms with Gasteiger partial charge in [-0.15, -0.1) is 0 Å². The molecule has 15 heavy (non-hydrogen) atoms. The van der Waals surface area contributed by atoms with Gasteiger partial charge in [0.15, 0.2) is 0 Å². The van der Waals surface area contributed by atoms with Gasteiger partial charge in [0.2, 0.25) is 0 Å². The van der Waals surface area contributed by atoms with Crippen LogP contribution in [0, 0.1) is 0 Å². The molecule has 1 aliphatic heterocycles. The predicted molar refractivity (Wildman–Crippen MR) is 63.0 cm³/mol. The van der Waals surface area contributed by atoms with Gasteiger partial charge in [-0.2, -0.15) is 11.8 Å². The molecule has 0 spiro atoms. The number of rotatable bonds is 6. The molecule has 0 saturated carbocycles. The number of carbonyl (C=O) groups is 1. The summed E-state index contributed by atoms with van der Waals surface area (Å²) < 4.78 is 0. The fourth-order valence-corrected chi connectivity index (χ4v) is 1.62. The van der Waals surface area contributed by atoms with Crippen molar-refractivity contribution in [2.75, 3.05) is 25.1 Å². The second kappa shape index (κ2) is 6.53. The van der Waals surface area contributed by atoms with Gasteiger partial charge in [0.05, 0.1) is 11.6 Å². The van der Waals surface area contributed by atoms with E-state index in [9.17, 15) is 4.79 Å². The molecule has 1 unspecified atom stereocenters. The summed E-state index contributed by atoms with van der Waals surface area (Å²) in [6, 6.07) is 0.0722. The van der Waals surface area contributed by atoms with Gasteiger partial charge in [-0.3, -0.25) is 0 Å². The van der Waals surface area contributed by atoms with Gasteiger partial charge in [-0.25, -0.2) is 4.79 Å². The monoisotopic (exact) mass is 228 g/mol. The molecule has 4 nitrogen and oxygen atoms in total. The highest BCUT2D eigenvalue weighted by atomic mass is 32.2. The summed E-state index contributed by atoms with van der Waals surface area (Å²) >= 11 is 1.79. The Morgan fingerprint density at radius 2 is 2.53 bits per heavy atom. The van der Waals surface area contributed by atoms with Crippen molar-refractivity contribution in [3.63, 3.8) is 0 Å². The summed E-state index contributed by atoms with van der Waals surface area (Å²) in [6.45, 7) is 1.70. The average molecular weight is 228 g/mol. The third kappa shape index (κ3) is 4.40. The van der Waals surface area contributed by atoms with E-state index in [-0.39, 0.29) is 6.04 Å². The normalized spacial score (nSPS) is 19.5. The Hall–Kier alpha value is -0.940. The van der Waals surface area contributed by atoms with E-state index in [0.29, 0.717) is 5.57 Å². The van der Waals surface area contributed by atoms with E-state index in [4.69, 9.17) is 5.11 Å². The first-order chi connectivity index (χ1) is 7.24. The summed E-state index contributed by atoms with van der Waals surface area (Å²) in [4.78, 5) is 10.7. The lowest BCUT2D eigenvalue weighted by molar-refractivity contribution is -0.132. The van der Waals surface area contributed by atoms with Gasteiger partial charge in [0.1, 0.15) is 0 Å². The molecular formula is C10H16N2O2S. The van der Waals surface area contributed by atoms with Crippen molar-refractivity contribution < 1.29 is 9.90 Å². The van der Waals surface area contributed by atoms with E-state index in [1.54, 1.807) is 30.1 Å². The van der Waals surface area contributed by atoms with Crippen molar-refractivity contribution in [1.29, 1.82) is 0 Å². The van der Waals surface area contributed by atoms with Gasteiger partial charge in [0, 0.05) is 18.8 Å². The third-order valence-electron chi connectivity index (χ3n) is 2.05. The zero-order valence-corrected chi connectivity index (χ0v) is 9.51. The maximum atomic E-state index is 10.7. The number of carboxylic acid groups (broad SMARTS) is 1. The van der Waals surface area contributed by atoms with Crippen LogP contribution in [0.4, 0.5) is 0 Å². The molecule has 1 rings (SSSR count). The molecule has 3 N–H and O–H groups in total. The Bertz CT molecular complexity index is 277. The Morgan fingerprint density at radius 1 is 1.73 bits per heavy atom. The molecule has 0 fully saturated rings. The maximum Gasteiger partial charge on any atom is 0.335 e. The van der Waals surface area contributed by atoms with Crippen LogP contribution in [0.5, 0.6) is 0 Å². The quantitative estimate of drug-likeness (QED) is 0.576. The molecule has 0 bridgehead atoms. The molecule has 1 aliphatic rings. The summed E-state index contributed by atoms with van der Waals surface area (Å²) in [6.07, 6.45) is 7.05. The third-order valence-corrected chi connectivity index (χ3v) is 2.66. The Kier molecular flexibility index (Phi) is 5.28. The molecule has 0 amide bonds. The number of hydrogen-bond donors (Lipinski definition) is 3. The SMILES string of the molecule is CSCCNCC1C=C(C(=O)O)C=CN1. The zero-order valence-electron chi connectivity index (χ0n) is 8.69. The first-order valence-electron chi connectivity index (χ1n) is 4.81. The molecule has 1 atom stereocenters. The van der Waals surface area contributed by atoms with Gasteiger partial charge >= 0.3 is 5.97 Å². The lowest BCUT2D eigenvalue weighted by atomic mass is 10.1. The number of carboxylic acids is 1. The van der Waals surface area contributed by atoms with Crippen molar-refractivity contribution in [3.8, 4) is 0 Å². The first-order valence-corrected chi connectivity index (χ1v) is 6.21. The number of nitrogens with one attached hydrogen (secondary N) is 2. The molecule has 0 saturated heterocycles. The molecule has 0 aromatic carbocycles. The Morgan fingerprint density at radius 3 is 3.20 bits per heavy atom. The van der Waals surface area contributed by atoms with Crippen LogP contribution in [0.1, 0.15) is 0 Å². The minimum Gasteiger partial charge on any atom is -0.478 e. The predicted octanol–water partition coefficient (Wildman–Crippen LogP) is 0.435. The average Bonchev–Trinajstić information content (AvgIpc) is 2.25. The van der Waals surface area contributed by atoms with Crippen LogP contribution >= 0.6 is 11.8 Å². The van der Waals surface area contributed by atoms with Crippen LogP contribution in [-0.2, 0) is 4.79 Å². The zero-order chi connectivity index (χ0) is 11.1. The van der Waals surface area contributed by atoms with E-state index in [1.807, 2.05) is 0 Å². The maximum absolute atomic E-state index is 10.7. The molecule has 0 radical (unpaired) electrons. The number of hydrogen-bond acceptors (Lipinski definition) is 4. The van der Waals surface area contributed by atoms with E-state index < -0.39 is 5.97 Å². The van der Waals surface area contributed by atoms with Crippen LogP contribution in [0.3, 0.4) is 0 Å². The summed E-state index contributed by atoms with van der Waals surface area (Å²) in [7, 11) is 0. The first kappa shape index (κ1) is 12.1. The van der Waals surface area contributed by atoms with Crippen LogP contribution in [0.25, 0.3) is 0 Å². The van der Waals surface area contributed by atoms with E-state index in [1.165, 1.54) is 0 Å². The summed E-state index contributed by atoms with van der Waals surface area (Å²) in [5.41, 5.74) is 0.352. The van der Waals surface area contributed by atoms with E-state index >= 15 is 0 Å². The lowest BCUT2D eigenvalue weighted by Crippen LogP contribution is -2.37. The van der Waals surface area contributed by atoms with Crippen molar-refractivity contribution in [2.45, 2.75) is 6.04 Å². The van der Waals surface area contributed by atoms with Crippen molar-refractivity contribution in [1.82, 2.24) is 10.6 Å². The molecule has 5 heteroatoms. The van der Waals surface area contributed by atoms with Crippen LogP contribution < -0.4 is 10.6 Å². The number of thioether (sulfide) groups is 1. The molecule has 0 aromatic heterocycles. The highest BCUT2D eigenvalue weighted by Gasteiger charge is 2.12. The van der Waals surface area contributed by atoms with Crippen LogP contribution in [0.2, 0.25) is 0 Å². The van der Waals surface area contributed by atoms with Gasteiger partial charge in [0.25, 0.3) is 0 Å². The fourth-order valence-electron chi connectivity index (χ4n) is 1.27. The second-order valence-corrected chi connectivity index (χ2v) is 4.22. The molecule has 0 aliphatic carbocycles. The molecule has 84 valence electrons. The van der Waals surface area contributed by atoms with Crippen LogP contribution in [0.15, 0.2) is 23.9 Å². The summed E-state index contributed by atoms with van der Waals surface area (Å²) in [5, 5.41) is 15.1.